The van der Waals surface area contributed by atoms with Crippen LogP contribution in [0.2, 0.25) is 5.02 Å². The fraction of sp³-hybridized carbons (Fsp3) is 0.458. The minimum atomic E-state index is -1.32. The number of rotatable bonds is 4. The lowest BCUT2D eigenvalue weighted by atomic mass is 9.95. The van der Waals surface area contributed by atoms with Gasteiger partial charge >= 0.3 is 0 Å². The molecule has 2 aromatic heterocycles. The Balaban J connectivity index is 1.27. The maximum atomic E-state index is 14.9. The average Bonchev–Trinajstić information content (AvgIpc) is 3.20. The molecular formula is C24H24ClFN8O. The number of halogens is 2. The van der Waals surface area contributed by atoms with Crippen LogP contribution in [-0.4, -0.2) is 68.1 Å². The molecule has 180 valence electrons. The molecule has 0 amide bonds. The van der Waals surface area contributed by atoms with Gasteiger partial charge in [-0.2, -0.15) is 5.26 Å². The van der Waals surface area contributed by atoms with Crippen molar-refractivity contribution in [1.82, 2.24) is 29.6 Å². The number of nitriles is 1. The highest BCUT2D eigenvalue weighted by Crippen LogP contribution is 2.35. The van der Waals surface area contributed by atoms with Crippen molar-refractivity contribution < 1.29 is 9.13 Å². The van der Waals surface area contributed by atoms with E-state index >= 15 is 0 Å². The molecule has 6 rings (SSSR count). The highest BCUT2D eigenvalue weighted by Gasteiger charge is 2.41. The smallest absolute Gasteiger partial charge is 0.226 e. The van der Waals surface area contributed by atoms with Gasteiger partial charge in [0.05, 0.1) is 25.4 Å². The maximum absolute atomic E-state index is 14.9. The van der Waals surface area contributed by atoms with Gasteiger partial charge in [0.25, 0.3) is 0 Å². The van der Waals surface area contributed by atoms with Gasteiger partial charge in [-0.1, -0.05) is 11.6 Å². The first kappa shape index (κ1) is 22.3. The summed E-state index contributed by atoms with van der Waals surface area (Å²) in [6.45, 7) is 3.12. The Labute approximate surface area is 207 Å². The number of ether oxygens (including phenoxy) is 1. The molecule has 0 spiro atoms. The van der Waals surface area contributed by atoms with E-state index < -0.39 is 5.67 Å². The van der Waals surface area contributed by atoms with Crippen LogP contribution in [0.3, 0.4) is 0 Å². The molecule has 5 heterocycles. The maximum Gasteiger partial charge on any atom is 0.226 e. The van der Waals surface area contributed by atoms with Crippen LogP contribution in [0.25, 0.3) is 5.69 Å². The van der Waals surface area contributed by atoms with Crippen molar-refractivity contribution in [3.05, 3.63) is 58.4 Å². The molecule has 0 saturated carbocycles. The summed E-state index contributed by atoms with van der Waals surface area (Å²) in [6.07, 6.45) is 3.34. The van der Waals surface area contributed by atoms with E-state index in [1.807, 2.05) is 18.2 Å². The molecule has 35 heavy (non-hydrogen) atoms. The van der Waals surface area contributed by atoms with Gasteiger partial charge < -0.3 is 9.64 Å². The zero-order chi connectivity index (χ0) is 24.0. The topological polar surface area (TPSA) is 96.0 Å². The quantitative estimate of drug-likeness (QED) is 0.546. The summed E-state index contributed by atoms with van der Waals surface area (Å²) in [5.41, 5.74) is 1.06. The van der Waals surface area contributed by atoms with Crippen LogP contribution >= 0.6 is 11.6 Å². The average molecular weight is 495 g/mol. The van der Waals surface area contributed by atoms with Crippen molar-refractivity contribution in [2.45, 2.75) is 37.5 Å². The van der Waals surface area contributed by atoms with Crippen LogP contribution in [0.5, 0.6) is 0 Å². The number of benzene rings is 1. The van der Waals surface area contributed by atoms with Crippen LogP contribution in [0.15, 0.2) is 30.5 Å². The van der Waals surface area contributed by atoms with E-state index in [0.29, 0.717) is 29.8 Å². The Kier molecular flexibility index (Phi) is 5.63. The van der Waals surface area contributed by atoms with Gasteiger partial charge in [0.1, 0.15) is 17.6 Å². The summed E-state index contributed by atoms with van der Waals surface area (Å²) in [7, 11) is 0. The van der Waals surface area contributed by atoms with E-state index in [2.05, 4.69) is 40.6 Å². The first-order valence-corrected chi connectivity index (χ1v) is 12.1. The first-order valence-electron chi connectivity index (χ1n) is 11.7. The third-order valence-electron chi connectivity index (χ3n) is 6.93. The zero-order valence-electron chi connectivity index (χ0n) is 19.1. The predicted molar refractivity (Wildman–Crippen MR) is 126 cm³/mol. The van der Waals surface area contributed by atoms with Crippen molar-refractivity contribution in [3.8, 4) is 11.8 Å². The molecule has 1 aromatic carbocycles. The van der Waals surface area contributed by atoms with E-state index in [1.165, 1.54) is 0 Å². The van der Waals surface area contributed by atoms with Crippen molar-refractivity contribution in [2.75, 3.05) is 37.7 Å². The van der Waals surface area contributed by atoms with Gasteiger partial charge in [0, 0.05) is 43.3 Å². The largest absolute Gasteiger partial charge is 0.375 e. The van der Waals surface area contributed by atoms with E-state index in [1.54, 1.807) is 12.3 Å². The number of piperidine rings is 1. The molecular weight excluding hydrogens is 471 g/mol. The molecule has 11 heteroatoms. The van der Waals surface area contributed by atoms with Gasteiger partial charge in [-0.25, -0.2) is 14.4 Å². The summed E-state index contributed by atoms with van der Waals surface area (Å²) in [4.78, 5) is 12.8. The van der Waals surface area contributed by atoms with Gasteiger partial charge in [0.2, 0.25) is 5.95 Å². The number of alkyl halides is 1. The third kappa shape index (κ3) is 4.24. The van der Waals surface area contributed by atoms with Crippen LogP contribution in [0.1, 0.15) is 41.7 Å². The Hall–Kier alpha value is -3.13. The lowest BCUT2D eigenvalue weighted by Gasteiger charge is -2.37. The molecule has 2 saturated heterocycles. The second-order valence-corrected chi connectivity index (χ2v) is 9.92. The number of nitrogens with zero attached hydrogens (tertiary/aromatic N) is 8. The van der Waals surface area contributed by atoms with E-state index in [0.717, 1.165) is 48.8 Å². The number of aromatic nitrogens is 5. The molecule has 3 aliphatic heterocycles. The fourth-order valence-electron chi connectivity index (χ4n) is 5.18. The van der Waals surface area contributed by atoms with E-state index in [4.69, 9.17) is 21.6 Å². The summed E-state index contributed by atoms with van der Waals surface area (Å²) >= 11 is 6.34. The van der Waals surface area contributed by atoms with Crippen LogP contribution in [0, 0.1) is 11.3 Å². The van der Waals surface area contributed by atoms with Crippen molar-refractivity contribution in [2.24, 2.45) is 0 Å². The minimum Gasteiger partial charge on any atom is -0.375 e. The summed E-state index contributed by atoms with van der Waals surface area (Å²) in [5, 5.41) is 19.0. The van der Waals surface area contributed by atoms with Crippen molar-refractivity contribution in [1.29, 1.82) is 5.26 Å². The van der Waals surface area contributed by atoms with Crippen molar-refractivity contribution in [3.63, 3.8) is 0 Å². The molecule has 3 aromatic rings. The minimum absolute atomic E-state index is 0.128. The van der Waals surface area contributed by atoms with E-state index in [-0.39, 0.29) is 25.7 Å². The normalized spacial score (nSPS) is 19.9. The molecule has 0 unspecified atom stereocenters. The van der Waals surface area contributed by atoms with E-state index in [9.17, 15) is 4.39 Å². The second kappa shape index (κ2) is 8.82. The predicted octanol–water partition coefficient (Wildman–Crippen LogP) is 3.02. The lowest BCUT2D eigenvalue weighted by molar-refractivity contribution is -0.142. The first-order chi connectivity index (χ1) is 17.0. The number of anilines is 1. The molecule has 9 nitrogen and oxygen atoms in total. The standard InChI is InChI=1S/C24H24ClFN8O/c25-18-1-2-20-17(9-18)11-32(13-24(26)14-35-15-24)12-21-30-31-22(34(20)21)16-4-7-33(8-5-16)23-28-6-3-19(10-27)29-23/h1-3,6,9,16H,4-5,7-8,11-15H2. The lowest BCUT2D eigenvalue weighted by Crippen LogP contribution is -2.53. The molecule has 0 bridgehead atoms. The highest BCUT2D eigenvalue weighted by atomic mass is 35.5. The number of fused-ring (bicyclic) bond motifs is 3. The monoisotopic (exact) mass is 494 g/mol. The molecule has 3 aliphatic rings. The Bertz CT molecular complexity index is 1290. The van der Waals surface area contributed by atoms with Crippen molar-refractivity contribution >= 4 is 17.5 Å². The van der Waals surface area contributed by atoms with Gasteiger partial charge in [0.15, 0.2) is 11.5 Å². The highest BCUT2D eigenvalue weighted by molar-refractivity contribution is 6.30. The summed E-state index contributed by atoms with van der Waals surface area (Å²) < 4.78 is 22.2. The van der Waals surface area contributed by atoms with Gasteiger partial charge in [-0.05, 0) is 42.7 Å². The second-order valence-electron chi connectivity index (χ2n) is 9.49. The molecule has 0 N–H and O–H groups in total. The SMILES string of the molecule is N#Cc1ccnc(N2CCC(c3nnc4n3-c3ccc(Cl)cc3CN(CC3(F)COC3)C4)CC2)n1. The Morgan fingerprint density at radius 1 is 1.17 bits per heavy atom. The number of hydrogen-bond donors (Lipinski definition) is 0. The molecule has 0 aliphatic carbocycles. The summed E-state index contributed by atoms with van der Waals surface area (Å²) in [5.74, 6) is 2.50. The van der Waals surface area contributed by atoms with Crippen LogP contribution < -0.4 is 4.90 Å². The summed E-state index contributed by atoms with van der Waals surface area (Å²) in [6, 6.07) is 9.52. The Morgan fingerprint density at radius 2 is 2.00 bits per heavy atom. The molecule has 0 radical (unpaired) electrons. The van der Waals surface area contributed by atoms with Gasteiger partial charge in [-0.15, -0.1) is 10.2 Å². The zero-order valence-corrected chi connectivity index (χ0v) is 19.8. The Morgan fingerprint density at radius 3 is 2.74 bits per heavy atom. The fourth-order valence-corrected chi connectivity index (χ4v) is 5.38. The van der Waals surface area contributed by atoms with Crippen LogP contribution in [0.4, 0.5) is 10.3 Å². The molecule has 2 fully saturated rings. The third-order valence-corrected chi connectivity index (χ3v) is 7.16. The van der Waals surface area contributed by atoms with Gasteiger partial charge in [-0.3, -0.25) is 9.47 Å². The van der Waals surface area contributed by atoms with Crippen LogP contribution in [-0.2, 0) is 17.8 Å². The number of hydrogen-bond acceptors (Lipinski definition) is 8. The molecule has 0 atom stereocenters.